The van der Waals surface area contributed by atoms with Gasteiger partial charge < -0.3 is 19.6 Å². The number of anilines is 1. The van der Waals surface area contributed by atoms with E-state index >= 15 is 0 Å². The van der Waals surface area contributed by atoms with Gasteiger partial charge in [-0.2, -0.15) is 10.5 Å². The maximum absolute atomic E-state index is 11.7. The molecule has 0 spiro atoms. The van der Waals surface area contributed by atoms with Crippen LogP contribution in [0.2, 0.25) is 0 Å². The highest BCUT2D eigenvalue weighted by atomic mass is 79.9. The second-order valence-electron chi connectivity index (χ2n) is 9.56. The van der Waals surface area contributed by atoms with Crippen LogP contribution in [0.5, 0.6) is 5.88 Å². The van der Waals surface area contributed by atoms with E-state index in [4.69, 9.17) is 9.72 Å². The van der Waals surface area contributed by atoms with Gasteiger partial charge in [0.2, 0.25) is 5.88 Å². The van der Waals surface area contributed by atoms with Crippen molar-refractivity contribution < 1.29 is 14.6 Å². The molecule has 2 aromatic rings. The van der Waals surface area contributed by atoms with Crippen LogP contribution in [-0.2, 0) is 0 Å². The Kier molecular flexibility index (Phi) is 6.43. The van der Waals surface area contributed by atoms with Gasteiger partial charge in [0.15, 0.2) is 0 Å². The molecule has 10 heteroatoms. The molecular formula is C25H27BrN6O3. The Balaban J connectivity index is 1.54. The second-order valence-corrected chi connectivity index (χ2v) is 10.5. The van der Waals surface area contributed by atoms with Gasteiger partial charge >= 0.3 is 6.09 Å². The summed E-state index contributed by atoms with van der Waals surface area (Å²) in [6.07, 6.45) is 3.55. The summed E-state index contributed by atoms with van der Waals surface area (Å²) >= 11 is 3.52. The number of nitrogens with zero attached hydrogens (tertiary/aromatic N) is 6. The number of ether oxygens (including phenoxy) is 1. The zero-order valence-electron chi connectivity index (χ0n) is 19.4. The molecule has 1 atom stereocenters. The number of carboxylic acid groups (broad SMARTS) is 1. The van der Waals surface area contributed by atoms with Crippen LogP contribution in [0.25, 0.3) is 10.9 Å². The molecule has 182 valence electrons. The molecule has 5 rings (SSSR count). The van der Waals surface area contributed by atoms with E-state index in [9.17, 15) is 20.4 Å². The van der Waals surface area contributed by atoms with Crippen molar-refractivity contribution in [1.82, 2.24) is 14.8 Å². The summed E-state index contributed by atoms with van der Waals surface area (Å²) in [7, 11) is 0. The molecule has 0 saturated carbocycles. The van der Waals surface area contributed by atoms with E-state index in [1.807, 2.05) is 23.1 Å². The van der Waals surface area contributed by atoms with E-state index in [0.717, 1.165) is 48.6 Å². The molecule has 3 saturated heterocycles. The molecule has 9 nitrogen and oxygen atoms in total. The molecule has 0 bridgehead atoms. The predicted molar refractivity (Wildman–Crippen MR) is 133 cm³/mol. The Bertz CT molecular complexity index is 1230. The van der Waals surface area contributed by atoms with Gasteiger partial charge in [0.1, 0.15) is 18.2 Å². The van der Waals surface area contributed by atoms with Crippen LogP contribution in [-0.4, -0.2) is 76.9 Å². The Morgan fingerprint density at radius 1 is 1.23 bits per heavy atom. The van der Waals surface area contributed by atoms with Gasteiger partial charge in [-0.1, -0.05) is 15.9 Å². The third-order valence-corrected chi connectivity index (χ3v) is 8.15. The Labute approximate surface area is 212 Å². The summed E-state index contributed by atoms with van der Waals surface area (Å²) in [5, 5.41) is 29.9. The minimum absolute atomic E-state index is 0.0196. The van der Waals surface area contributed by atoms with Gasteiger partial charge in [-0.3, -0.25) is 4.90 Å². The monoisotopic (exact) mass is 538 g/mol. The molecule has 1 amide bonds. The van der Waals surface area contributed by atoms with E-state index in [1.165, 1.54) is 4.90 Å². The maximum Gasteiger partial charge on any atom is 0.407 e. The van der Waals surface area contributed by atoms with Gasteiger partial charge in [-0.25, -0.2) is 9.78 Å². The fourth-order valence-electron chi connectivity index (χ4n) is 5.99. The molecule has 1 aromatic carbocycles. The highest BCUT2D eigenvalue weighted by Gasteiger charge is 2.45. The lowest BCUT2D eigenvalue weighted by atomic mass is 9.95. The van der Waals surface area contributed by atoms with Crippen LogP contribution in [0, 0.1) is 22.7 Å². The minimum atomic E-state index is -1.03. The number of hydrogen-bond donors (Lipinski definition) is 1. The highest BCUT2D eigenvalue weighted by Crippen LogP contribution is 2.41. The summed E-state index contributed by atoms with van der Waals surface area (Å²) in [5.74, 6) is 0.318. The van der Waals surface area contributed by atoms with Crippen molar-refractivity contribution in [3.8, 4) is 18.0 Å². The highest BCUT2D eigenvalue weighted by molar-refractivity contribution is 9.10. The zero-order valence-corrected chi connectivity index (χ0v) is 21.0. The van der Waals surface area contributed by atoms with E-state index in [-0.39, 0.29) is 18.5 Å². The minimum Gasteiger partial charge on any atom is -0.475 e. The van der Waals surface area contributed by atoms with Crippen molar-refractivity contribution in [3.05, 3.63) is 28.2 Å². The average molecular weight is 539 g/mol. The van der Waals surface area contributed by atoms with Crippen LogP contribution in [0.4, 0.5) is 10.5 Å². The topological polar surface area (TPSA) is 117 Å². The van der Waals surface area contributed by atoms with Crippen LogP contribution in [0.1, 0.15) is 37.7 Å². The van der Waals surface area contributed by atoms with Crippen molar-refractivity contribution in [2.75, 3.05) is 44.2 Å². The third-order valence-electron chi connectivity index (χ3n) is 7.66. The summed E-state index contributed by atoms with van der Waals surface area (Å²) in [4.78, 5) is 22.3. The van der Waals surface area contributed by atoms with Crippen LogP contribution >= 0.6 is 15.9 Å². The maximum atomic E-state index is 11.7. The number of halogens is 1. The predicted octanol–water partition coefficient (Wildman–Crippen LogP) is 3.96. The summed E-state index contributed by atoms with van der Waals surface area (Å²) in [6, 6.07) is 9.69. The SMILES string of the molecule is N#CC[C@H]1CN(c2c(C#N)c(OCC34CCCN3CCC4)nc3cc(Br)ccc23)CCN1C(=O)O. The largest absolute Gasteiger partial charge is 0.475 e. The van der Waals surface area contributed by atoms with Gasteiger partial charge in [-0.15, -0.1) is 0 Å². The molecular weight excluding hydrogens is 512 g/mol. The second kappa shape index (κ2) is 9.52. The summed E-state index contributed by atoms with van der Waals surface area (Å²) < 4.78 is 7.22. The van der Waals surface area contributed by atoms with E-state index in [1.54, 1.807) is 0 Å². The number of benzene rings is 1. The molecule has 3 aliphatic rings. The molecule has 0 unspecified atom stereocenters. The number of aromatic nitrogens is 1. The van der Waals surface area contributed by atoms with Crippen molar-refractivity contribution >= 4 is 38.6 Å². The van der Waals surface area contributed by atoms with Crippen molar-refractivity contribution in [2.45, 2.75) is 43.7 Å². The lowest BCUT2D eigenvalue weighted by Gasteiger charge is -2.41. The first-order valence-electron chi connectivity index (χ1n) is 12.0. The van der Waals surface area contributed by atoms with Gasteiger partial charge in [0.05, 0.1) is 35.3 Å². The fraction of sp³-hybridized carbons (Fsp3) is 0.520. The van der Waals surface area contributed by atoms with E-state index in [2.05, 4.69) is 33.0 Å². The van der Waals surface area contributed by atoms with Crippen LogP contribution < -0.4 is 9.64 Å². The fourth-order valence-corrected chi connectivity index (χ4v) is 6.34. The number of pyridine rings is 1. The third kappa shape index (κ3) is 4.26. The first-order valence-corrected chi connectivity index (χ1v) is 12.8. The van der Waals surface area contributed by atoms with Crippen LogP contribution in [0.3, 0.4) is 0 Å². The lowest BCUT2D eigenvalue weighted by molar-refractivity contribution is 0.110. The van der Waals surface area contributed by atoms with Gasteiger partial charge in [0, 0.05) is 29.5 Å². The van der Waals surface area contributed by atoms with Crippen molar-refractivity contribution in [2.24, 2.45) is 0 Å². The molecule has 3 aliphatic heterocycles. The van der Waals surface area contributed by atoms with Gasteiger partial charge in [0.25, 0.3) is 0 Å². The van der Waals surface area contributed by atoms with Crippen molar-refractivity contribution in [3.63, 3.8) is 0 Å². The van der Waals surface area contributed by atoms with Crippen molar-refractivity contribution in [1.29, 1.82) is 10.5 Å². The van der Waals surface area contributed by atoms with Crippen LogP contribution in [0.15, 0.2) is 22.7 Å². The molecule has 0 aliphatic carbocycles. The number of hydrogen-bond acceptors (Lipinski definition) is 7. The average Bonchev–Trinajstić information content (AvgIpc) is 3.42. The number of piperazine rings is 1. The number of nitriles is 2. The number of amides is 1. The number of fused-ring (bicyclic) bond motifs is 2. The van der Waals surface area contributed by atoms with Gasteiger partial charge in [-0.05, 0) is 57.0 Å². The quantitative estimate of drug-likeness (QED) is 0.607. The first-order chi connectivity index (χ1) is 17.0. The normalized spacial score (nSPS) is 21.5. The molecule has 1 N–H and O–H groups in total. The standard InChI is InChI=1S/C25H27BrN6O3/c26-17-3-4-19-21(13-17)29-23(35-16-25-6-1-9-31(25)10-2-7-25)20(14-28)22(19)30-11-12-32(24(33)34)18(15-30)5-8-27/h3-4,13,18H,1-2,5-7,9-12,15-16H2,(H,33,34)/t18-/m0/s1. The first kappa shape index (κ1) is 23.7. The Hall–Kier alpha value is -3.08. The molecule has 35 heavy (non-hydrogen) atoms. The summed E-state index contributed by atoms with van der Waals surface area (Å²) in [5.41, 5.74) is 1.78. The Morgan fingerprint density at radius 2 is 2.00 bits per heavy atom. The smallest absolute Gasteiger partial charge is 0.407 e. The molecule has 3 fully saturated rings. The molecule has 1 aromatic heterocycles. The molecule has 0 radical (unpaired) electrons. The summed E-state index contributed by atoms with van der Waals surface area (Å²) in [6.45, 7) is 3.66. The number of carbonyl (C=O) groups is 1. The lowest BCUT2D eigenvalue weighted by Crippen LogP contribution is -2.55. The molecule has 4 heterocycles. The zero-order chi connectivity index (χ0) is 24.6. The van der Waals surface area contributed by atoms with E-state index < -0.39 is 12.1 Å². The van der Waals surface area contributed by atoms with E-state index in [0.29, 0.717) is 42.3 Å². The Morgan fingerprint density at radius 3 is 2.69 bits per heavy atom. The number of rotatable bonds is 5.